The topological polar surface area (TPSA) is 9.23 Å². The SMILES string of the molecule is COC1C(C)(C)C[C@H]2[C@@H]3CCC4CCCC[C@]4(C)[C@@H]3CC[C@]12C. The highest BCUT2D eigenvalue weighted by atomic mass is 16.5. The maximum Gasteiger partial charge on any atom is 0.0678 e. The lowest BCUT2D eigenvalue weighted by Crippen LogP contribution is -2.53. The molecule has 0 aliphatic heterocycles. The zero-order valence-corrected chi connectivity index (χ0v) is 16.2. The Kier molecular flexibility index (Phi) is 3.73. The molecule has 0 bridgehead atoms. The van der Waals surface area contributed by atoms with Gasteiger partial charge in [0.05, 0.1) is 6.10 Å². The standard InChI is InChI=1S/C22H38O/c1-20(2)14-18-16-10-9-15-8-6-7-12-21(15,3)17(16)11-13-22(18,4)19(20)23-5/h15-19H,6-14H2,1-5H3/t15?,16-,17-,18+,19?,21+,22+/m1/s1. The first-order chi connectivity index (χ1) is 10.8. The third-order valence-corrected chi connectivity index (χ3v) is 9.31. The van der Waals surface area contributed by atoms with Crippen LogP contribution in [0.3, 0.4) is 0 Å². The Hall–Kier alpha value is -0.0400. The Labute approximate surface area is 143 Å². The van der Waals surface area contributed by atoms with Crippen molar-refractivity contribution >= 4 is 0 Å². The van der Waals surface area contributed by atoms with Crippen molar-refractivity contribution < 1.29 is 4.74 Å². The molecule has 4 rings (SSSR count). The summed E-state index contributed by atoms with van der Waals surface area (Å²) in [5, 5.41) is 0. The van der Waals surface area contributed by atoms with E-state index >= 15 is 0 Å². The molecule has 0 aromatic rings. The van der Waals surface area contributed by atoms with Gasteiger partial charge in [-0.25, -0.2) is 0 Å². The maximum atomic E-state index is 6.11. The van der Waals surface area contributed by atoms with Crippen LogP contribution in [0, 0.1) is 39.9 Å². The van der Waals surface area contributed by atoms with E-state index in [2.05, 4.69) is 27.7 Å². The molecule has 2 unspecified atom stereocenters. The summed E-state index contributed by atoms with van der Waals surface area (Å²) in [7, 11) is 1.96. The molecule has 1 nitrogen and oxygen atoms in total. The zero-order chi connectivity index (χ0) is 16.5. The van der Waals surface area contributed by atoms with Crippen molar-refractivity contribution in [3.63, 3.8) is 0 Å². The quantitative estimate of drug-likeness (QED) is 0.570. The van der Waals surface area contributed by atoms with Crippen LogP contribution in [0.2, 0.25) is 0 Å². The molecule has 0 aromatic heterocycles. The van der Waals surface area contributed by atoms with Gasteiger partial charge in [0.1, 0.15) is 0 Å². The Bertz CT molecular complexity index is 469. The molecule has 4 saturated carbocycles. The van der Waals surface area contributed by atoms with Crippen molar-refractivity contribution in [2.75, 3.05) is 7.11 Å². The molecular weight excluding hydrogens is 280 g/mol. The molecule has 0 radical (unpaired) electrons. The molecule has 4 fully saturated rings. The van der Waals surface area contributed by atoms with Crippen molar-refractivity contribution in [1.29, 1.82) is 0 Å². The summed E-state index contributed by atoms with van der Waals surface area (Å²) in [5.41, 5.74) is 1.45. The molecule has 23 heavy (non-hydrogen) atoms. The highest BCUT2D eigenvalue weighted by Crippen LogP contribution is 2.69. The highest BCUT2D eigenvalue weighted by Gasteiger charge is 2.64. The number of methoxy groups -OCH3 is 1. The van der Waals surface area contributed by atoms with E-state index in [0.29, 0.717) is 22.3 Å². The van der Waals surface area contributed by atoms with Gasteiger partial charge in [0.2, 0.25) is 0 Å². The van der Waals surface area contributed by atoms with Gasteiger partial charge in [0, 0.05) is 7.11 Å². The minimum Gasteiger partial charge on any atom is -0.380 e. The largest absolute Gasteiger partial charge is 0.380 e. The van der Waals surface area contributed by atoms with Gasteiger partial charge in [0.25, 0.3) is 0 Å². The first kappa shape index (κ1) is 16.4. The molecule has 0 N–H and O–H groups in total. The number of rotatable bonds is 1. The third-order valence-electron chi connectivity index (χ3n) is 9.31. The van der Waals surface area contributed by atoms with E-state index in [9.17, 15) is 0 Å². The van der Waals surface area contributed by atoms with Crippen LogP contribution >= 0.6 is 0 Å². The number of hydrogen-bond acceptors (Lipinski definition) is 1. The lowest BCUT2D eigenvalue weighted by Gasteiger charge is -2.60. The van der Waals surface area contributed by atoms with Gasteiger partial charge in [0.15, 0.2) is 0 Å². The van der Waals surface area contributed by atoms with Crippen LogP contribution in [0.15, 0.2) is 0 Å². The fraction of sp³-hybridized carbons (Fsp3) is 1.00. The first-order valence-corrected chi connectivity index (χ1v) is 10.4. The van der Waals surface area contributed by atoms with Crippen LogP contribution in [0.5, 0.6) is 0 Å². The Balaban J connectivity index is 1.67. The monoisotopic (exact) mass is 318 g/mol. The minimum absolute atomic E-state index is 0.355. The van der Waals surface area contributed by atoms with E-state index in [0.717, 1.165) is 23.7 Å². The summed E-state index contributed by atoms with van der Waals surface area (Å²) in [6.07, 6.45) is 13.8. The van der Waals surface area contributed by atoms with E-state index in [1.807, 2.05) is 7.11 Å². The minimum atomic E-state index is 0.355. The highest BCUT2D eigenvalue weighted by molar-refractivity contribution is 5.13. The normalized spacial score (nSPS) is 54.9. The van der Waals surface area contributed by atoms with Crippen molar-refractivity contribution in [2.24, 2.45) is 39.9 Å². The summed E-state index contributed by atoms with van der Waals surface area (Å²) in [5.74, 6) is 3.92. The fourth-order valence-corrected chi connectivity index (χ4v) is 8.51. The van der Waals surface area contributed by atoms with Crippen LogP contribution in [0.1, 0.15) is 85.5 Å². The molecule has 0 amide bonds. The lowest BCUT2D eigenvalue weighted by atomic mass is 9.45. The van der Waals surface area contributed by atoms with Crippen LogP contribution < -0.4 is 0 Å². The molecule has 1 heteroatoms. The lowest BCUT2D eigenvalue weighted by molar-refractivity contribution is -0.130. The third kappa shape index (κ3) is 2.14. The summed E-state index contributed by atoms with van der Waals surface area (Å²) in [4.78, 5) is 0. The van der Waals surface area contributed by atoms with E-state index in [1.165, 1.54) is 57.8 Å². The second kappa shape index (κ2) is 5.23. The van der Waals surface area contributed by atoms with Gasteiger partial charge in [-0.2, -0.15) is 0 Å². The summed E-state index contributed by atoms with van der Waals surface area (Å²) >= 11 is 0. The predicted molar refractivity (Wildman–Crippen MR) is 96.3 cm³/mol. The second-order valence-electron chi connectivity index (χ2n) is 10.8. The molecule has 132 valence electrons. The van der Waals surface area contributed by atoms with Crippen molar-refractivity contribution in [1.82, 2.24) is 0 Å². The molecule has 0 heterocycles. The van der Waals surface area contributed by atoms with Gasteiger partial charge < -0.3 is 4.74 Å². The van der Waals surface area contributed by atoms with Gasteiger partial charge in [-0.3, -0.25) is 0 Å². The maximum absolute atomic E-state index is 6.11. The summed E-state index contributed by atoms with van der Waals surface area (Å²) < 4.78 is 6.11. The van der Waals surface area contributed by atoms with Gasteiger partial charge in [-0.1, -0.05) is 40.5 Å². The van der Waals surface area contributed by atoms with Gasteiger partial charge in [-0.05, 0) is 84.9 Å². The van der Waals surface area contributed by atoms with Crippen LogP contribution in [0.4, 0.5) is 0 Å². The van der Waals surface area contributed by atoms with Crippen LogP contribution in [0.25, 0.3) is 0 Å². The number of fused-ring (bicyclic) bond motifs is 5. The van der Waals surface area contributed by atoms with E-state index in [4.69, 9.17) is 4.74 Å². The van der Waals surface area contributed by atoms with Crippen LogP contribution in [-0.4, -0.2) is 13.2 Å². The van der Waals surface area contributed by atoms with E-state index in [-0.39, 0.29) is 0 Å². The Morgan fingerprint density at radius 3 is 2.30 bits per heavy atom. The van der Waals surface area contributed by atoms with Gasteiger partial charge in [-0.15, -0.1) is 0 Å². The van der Waals surface area contributed by atoms with Crippen molar-refractivity contribution in [3.8, 4) is 0 Å². The zero-order valence-electron chi connectivity index (χ0n) is 16.2. The predicted octanol–water partition coefficient (Wildman–Crippen LogP) is 6.07. The average Bonchev–Trinajstić information content (AvgIpc) is 2.71. The first-order valence-electron chi connectivity index (χ1n) is 10.4. The molecule has 4 aliphatic rings. The molecule has 0 spiro atoms. The Morgan fingerprint density at radius 1 is 0.783 bits per heavy atom. The van der Waals surface area contributed by atoms with Crippen LogP contribution in [-0.2, 0) is 4.74 Å². The van der Waals surface area contributed by atoms with Gasteiger partial charge >= 0.3 is 0 Å². The molecular formula is C22H38O. The summed E-state index contributed by atoms with van der Waals surface area (Å²) in [6.45, 7) is 10.2. The van der Waals surface area contributed by atoms with Crippen molar-refractivity contribution in [3.05, 3.63) is 0 Å². The second-order valence-corrected chi connectivity index (χ2v) is 10.8. The molecule has 0 aromatic carbocycles. The summed E-state index contributed by atoms with van der Waals surface area (Å²) in [6, 6.07) is 0. The van der Waals surface area contributed by atoms with E-state index < -0.39 is 0 Å². The molecule has 0 saturated heterocycles. The molecule has 7 atom stereocenters. The number of ether oxygens (including phenoxy) is 1. The van der Waals surface area contributed by atoms with Crippen molar-refractivity contribution in [2.45, 2.75) is 91.6 Å². The average molecular weight is 319 g/mol. The molecule has 4 aliphatic carbocycles. The van der Waals surface area contributed by atoms with E-state index in [1.54, 1.807) is 0 Å². The fourth-order valence-electron chi connectivity index (χ4n) is 8.51. The number of hydrogen-bond donors (Lipinski definition) is 0. The Morgan fingerprint density at radius 2 is 1.57 bits per heavy atom. The smallest absolute Gasteiger partial charge is 0.0678 e.